The number of nitrogens with zero attached hydrogens (tertiary/aromatic N) is 2. The second-order valence-electron chi connectivity index (χ2n) is 4.61. The second-order valence-corrected chi connectivity index (χ2v) is 4.61. The van der Waals surface area contributed by atoms with Crippen molar-refractivity contribution < 1.29 is 9.53 Å². The Bertz CT molecular complexity index is 468. The zero-order chi connectivity index (χ0) is 14.8. The van der Waals surface area contributed by atoms with E-state index in [9.17, 15) is 4.79 Å². The number of hydrogen-bond donors (Lipinski definition) is 1. The SMILES string of the molecule is COCCCN(C)CCC(=O)Nc1ccccc1C#N. The first-order valence-electron chi connectivity index (χ1n) is 6.64. The monoisotopic (exact) mass is 275 g/mol. The average molecular weight is 275 g/mol. The molecule has 0 unspecified atom stereocenters. The number of anilines is 1. The maximum atomic E-state index is 11.8. The van der Waals surface area contributed by atoms with Gasteiger partial charge in [-0.15, -0.1) is 0 Å². The minimum atomic E-state index is -0.0775. The third-order valence-corrected chi connectivity index (χ3v) is 2.93. The van der Waals surface area contributed by atoms with Gasteiger partial charge in [0.1, 0.15) is 6.07 Å². The van der Waals surface area contributed by atoms with E-state index in [4.69, 9.17) is 10.00 Å². The summed E-state index contributed by atoms with van der Waals surface area (Å²) in [5.74, 6) is -0.0775. The molecule has 0 aromatic heterocycles. The number of nitriles is 1. The molecule has 20 heavy (non-hydrogen) atoms. The predicted octanol–water partition coefficient (Wildman–Crippen LogP) is 1.86. The molecule has 0 aliphatic heterocycles. The van der Waals surface area contributed by atoms with Crippen LogP contribution in [0.1, 0.15) is 18.4 Å². The topological polar surface area (TPSA) is 65.4 Å². The fourth-order valence-electron chi connectivity index (χ4n) is 1.79. The fraction of sp³-hybridized carbons (Fsp3) is 0.467. The van der Waals surface area contributed by atoms with Crippen molar-refractivity contribution in [1.82, 2.24) is 4.90 Å². The molecule has 0 bridgehead atoms. The van der Waals surface area contributed by atoms with Gasteiger partial charge in [-0.05, 0) is 25.6 Å². The molecule has 0 fully saturated rings. The molecule has 0 aliphatic carbocycles. The summed E-state index contributed by atoms with van der Waals surface area (Å²) in [5.41, 5.74) is 1.05. The molecule has 1 amide bonds. The van der Waals surface area contributed by atoms with Gasteiger partial charge in [-0.25, -0.2) is 0 Å². The van der Waals surface area contributed by atoms with Gasteiger partial charge < -0.3 is 15.0 Å². The van der Waals surface area contributed by atoms with Crippen molar-refractivity contribution >= 4 is 11.6 Å². The van der Waals surface area contributed by atoms with Crippen LogP contribution in [0.25, 0.3) is 0 Å². The first-order chi connectivity index (χ1) is 9.67. The maximum absolute atomic E-state index is 11.8. The summed E-state index contributed by atoms with van der Waals surface area (Å²) >= 11 is 0. The number of methoxy groups -OCH3 is 1. The van der Waals surface area contributed by atoms with Crippen molar-refractivity contribution in [3.05, 3.63) is 29.8 Å². The molecule has 0 radical (unpaired) electrons. The fourth-order valence-corrected chi connectivity index (χ4v) is 1.79. The van der Waals surface area contributed by atoms with Gasteiger partial charge in [-0.1, -0.05) is 12.1 Å². The molecule has 0 saturated carbocycles. The van der Waals surface area contributed by atoms with Gasteiger partial charge in [-0.2, -0.15) is 5.26 Å². The second kappa shape index (κ2) is 9.08. The average Bonchev–Trinajstić information content (AvgIpc) is 2.46. The normalized spacial score (nSPS) is 10.3. The third-order valence-electron chi connectivity index (χ3n) is 2.93. The van der Waals surface area contributed by atoms with E-state index in [1.54, 1.807) is 31.4 Å². The molecular weight excluding hydrogens is 254 g/mol. The summed E-state index contributed by atoms with van der Waals surface area (Å²) in [7, 11) is 3.66. The molecule has 1 rings (SSSR count). The summed E-state index contributed by atoms with van der Waals surface area (Å²) in [6.07, 6.45) is 1.36. The molecule has 1 aromatic rings. The molecule has 0 heterocycles. The Kier molecular flexibility index (Phi) is 7.33. The standard InChI is InChI=1S/C15H21N3O2/c1-18(9-5-11-20-2)10-8-15(19)17-14-7-4-3-6-13(14)12-16/h3-4,6-7H,5,8-11H2,1-2H3,(H,17,19). The minimum absolute atomic E-state index is 0.0775. The number of benzene rings is 1. The molecule has 5 heteroatoms. The van der Waals surface area contributed by atoms with Crippen LogP contribution in [0.15, 0.2) is 24.3 Å². The minimum Gasteiger partial charge on any atom is -0.385 e. The van der Waals surface area contributed by atoms with Gasteiger partial charge in [0.25, 0.3) is 0 Å². The van der Waals surface area contributed by atoms with Gasteiger partial charge in [0, 0.05) is 33.2 Å². The summed E-state index contributed by atoms with van der Waals surface area (Å²) < 4.78 is 4.99. The van der Waals surface area contributed by atoms with Crippen LogP contribution in [0.4, 0.5) is 5.69 Å². The lowest BCUT2D eigenvalue weighted by molar-refractivity contribution is -0.116. The van der Waals surface area contributed by atoms with Crippen LogP contribution in [-0.4, -0.2) is 44.7 Å². The van der Waals surface area contributed by atoms with E-state index in [-0.39, 0.29) is 5.91 Å². The summed E-state index contributed by atoms with van der Waals surface area (Å²) in [5, 5.41) is 11.7. The van der Waals surface area contributed by atoms with Crippen molar-refractivity contribution in [3.8, 4) is 6.07 Å². The van der Waals surface area contributed by atoms with Crippen LogP contribution in [0.2, 0.25) is 0 Å². The Labute approximate surface area is 120 Å². The van der Waals surface area contributed by atoms with E-state index in [1.165, 1.54) is 0 Å². The van der Waals surface area contributed by atoms with Crippen molar-refractivity contribution in [2.24, 2.45) is 0 Å². The van der Waals surface area contributed by atoms with E-state index in [2.05, 4.69) is 16.3 Å². The highest BCUT2D eigenvalue weighted by atomic mass is 16.5. The van der Waals surface area contributed by atoms with Gasteiger partial charge in [-0.3, -0.25) is 4.79 Å². The number of nitrogens with one attached hydrogen (secondary N) is 1. The smallest absolute Gasteiger partial charge is 0.225 e. The Morgan fingerprint density at radius 2 is 2.15 bits per heavy atom. The summed E-state index contributed by atoms with van der Waals surface area (Å²) in [6.45, 7) is 2.31. The number of carbonyl (C=O) groups excluding carboxylic acids is 1. The Balaban J connectivity index is 2.35. The number of ether oxygens (including phenoxy) is 1. The van der Waals surface area contributed by atoms with Crippen molar-refractivity contribution in [1.29, 1.82) is 5.26 Å². The van der Waals surface area contributed by atoms with Gasteiger partial charge >= 0.3 is 0 Å². The molecular formula is C15H21N3O2. The molecule has 0 saturated heterocycles. The van der Waals surface area contributed by atoms with E-state index in [0.29, 0.717) is 24.2 Å². The quantitative estimate of drug-likeness (QED) is 0.735. The highest BCUT2D eigenvalue weighted by molar-refractivity contribution is 5.92. The zero-order valence-corrected chi connectivity index (χ0v) is 12.1. The lowest BCUT2D eigenvalue weighted by Crippen LogP contribution is -2.26. The lowest BCUT2D eigenvalue weighted by atomic mass is 10.2. The number of amides is 1. The molecule has 1 aromatic carbocycles. The number of carbonyl (C=O) groups is 1. The van der Waals surface area contributed by atoms with Crippen LogP contribution in [0, 0.1) is 11.3 Å². The highest BCUT2D eigenvalue weighted by Gasteiger charge is 2.07. The van der Waals surface area contributed by atoms with Crippen molar-refractivity contribution in [2.75, 3.05) is 39.2 Å². The number of para-hydroxylation sites is 1. The van der Waals surface area contributed by atoms with Crippen LogP contribution in [0.5, 0.6) is 0 Å². The van der Waals surface area contributed by atoms with Crippen molar-refractivity contribution in [2.45, 2.75) is 12.8 Å². The first kappa shape index (κ1) is 16.2. The van der Waals surface area contributed by atoms with Gasteiger partial charge in [0.15, 0.2) is 0 Å². The lowest BCUT2D eigenvalue weighted by Gasteiger charge is -2.16. The van der Waals surface area contributed by atoms with Crippen LogP contribution >= 0.6 is 0 Å². The van der Waals surface area contributed by atoms with E-state index < -0.39 is 0 Å². The molecule has 0 spiro atoms. The zero-order valence-electron chi connectivity index (χ0n) is 12.1. The third kappa shape index (κ3) is 5.83. The number of hydrogen-bond acceptors (Lipinski definition) is 4. The van der Waals surface area contributed by atoms with E-state index in [0.717, 1.165) is 19.6 Å². The van der Waals surface area contributed by atoms with Crippen LogP contribution in [0.3, 0.4) is 0 Å². The molecule has 0 aliphatic rings. The first-order valence-corrected chi connectivity index (χ1v) is 6.64. The van der Waals surface area contributed by atoms with Crippen LogP contribution < -0.4 is 5.32 Å². The molecule has 0 atom stereocenters. The molecule has 5 nitrogen and oxygen atoms in total. The highest BCUT2D eigenvalue weighted by Crippen LogP contribution is 2.13. The molecule has 1 N–H and O–H groups in total. The van der Waals surface area contributed by atoms with Crippen LogP contribution in [-0.2, 0) is 9.53 Å². The number of rotatable bonds is 8. The Hall–Kier alpha value is -1.90. The predicted molar refractivity (Wildman–Crippen MR) is 78.4 cm³/mol. The van der Waals surface area contributed by atoms with Gasteiger partial charge in [0.2, 0.25) is 5.91 Å². The largest absolute Gasteiger partial charge is 0.385 e. The van der Waals surface area contributed by atoms with E-state index >= 15 is 0 Å². The Morgan fingerprint density at radius 3 is 2.85 bits per heavy atom. The Morgan fingerprint density at radius 1 is 1.40 bits per heavy atom. The summed E-state index contributed by atoms with van der Waals surface area (Å²) in [6, 6.07) is 9.06. The molecule has 108 valence electrons. The van der Waals surface area contributed by atoms with E-state index in [1.807, 2.05) is 7.05 Å². The van der Waals surface area contributed by atoms with Crippen molar-refractivity contribution in [3.63, 3.8) is 0 Å². The summed E-state index contributed by atoms with van der Waals surface area (Å²) in [4.78, 5) is 13.9. The maximum Gasteiger partial charge on any atom is 0.225 e. The van der Waals surface area contributed by atoms with Gasteiger partial charge in [0.05, 0.1) is 11.3 Å².